The lowest BCUT2D eigenvalue weighted by Gasteiger charge is -2.31. The smallest absolute Gasteiger partial charge is 0.319 e. The predicted molar refractivity (Wildman–Crippen MR) is 162 cm³/mol. The van der Waals surface area contributed by atoms with Gasteiger partial charge in [0, 0.05) is 42.6 Å². The summed E-state index contributed by atoms with van der Waals surface area (Å²) in [5.74, 6) is -1.08. The molecule has 7 rings (SSSR count). The maximum absolute atomic E-state index is 16.6. The van der Waals surface area contributed by atoms with Gasteiger partial charge in [-0.3, -0.25) is 4.90 Å². The Hall–Kier alpha value is -2.94. The molecule has 0 aliphatic carbocycles. The molecule has 2 aromatic heterocycles. The average molecular weight is 653 g/mol. The molecule has 3 aliphatic rings. The van der Waals surface area contributed by atoms with Crippen LogP contribution < -0.4 is 15.4 Å². The number of anilines is 2. The van der Waals surface area contributed by atoms with Crippen LogP contribution in [-0.2, 0) is 9.84 Å². The van der Waals surface area contributed by atoms with E-state index in [0.717, 1.165) is 30.7 Å². The van der Waals surface area contributed by atoms with Crippen molar-refractivity contribution >= 4 is 64.8 Å². The summed E-state index contributed by atoms with van der Waals surface area (Å²) in [6.07, 6.45) is 1.44. The first-order chi connectivity index (χ1) is 20.5. The van der Waals surface area contributed by atoms with E-state index in [9.17, 15) is 17.2 Å². The van der Waals surface area contributed by atoms with Crippen molar-refractivity contribution in [2.75, 3.05) is 54.9 Å². The number of benzene rings is 2. The van der Waals surface area contributed by atoms with Crippen LogP contribution in [0.25, 0.3) is 32.2 Å². The summed E-state index contributed by atoms with van der Waals surface area (Å²) in [6.45, 7) is 1.76. The van der Waals surface area contributed by atoms with E-state index < -0.39 is 33.2 Å². The lowest BCUT2D eigenvalue weighted by molar-refractivity contribution is 0.107. The lowest BCUT2D eigenvalue weighted by Crippen LogP contribution is -2.43. The SMILES string of the molecule is Nc1nc2c(-c3c(Cl)cc4c(N5CCCS(=O)(=O)CC5)nc(OC[C@@]56CCCN5C[C@H](F)C6)nc4c3F)ccc(F)c2s1. The summed E-state index contributed by atoms with van der Waals surface area (Å²) < 4.78 is 76.6. The maximum Gasteiger partial charge on any atom is 0.319 e. The third-order valence-electron chi connectivity index (χ3n) is 8.71. The van der Waals surface area contributed by atoms with E-state index in [1.165, 1.54) is 18.2 Å². The second-order valence-electron chi connectivity index (χ2n) is 11.5. The van der Waals surface area contributed by atoms with E-state index in [0.29, 0.717) is 31.7 Å². The molecule has 4 aromatic rings. The Morgan fingerprint density at radius 1 is 1.12 bits per heavy atom. The van der Waals surface area contributed by atoms with Crippen LogP contribution in [-0.4, -0.2) is 84.3 Å². The summed E-state index contributed by atoms with van der Waals surface area (Å²) >= 11 is 7.66. The molecule has 2 N–H and O–H groups in total. The van der Waals surface area contributed by atoms with Crippen molar-refractivity contribution in [2.24, 2.45) is 0 Å². The van der Waals surface area contributed by atoms with Crippen LogP contribution in [0, 0.1) is 11.6 Å². The zero-order chi connectivity index (χ0) is 30.1. The summed E-state index contributed by atoms with van der Waals surface area (Å²) in [4.78, 5) is 17.2. The number of halogens is 4. The van der Waals surface area contributed by atoms with E-state index in [-0.39, 0.29) is 73.1 Å². The first kappa shape index (κ1) is 28.8. The molecule has 15 heteroatoms. The Balaban J connectivity index is 1.37. The number of nitrogens with zero attached hydrogens (tertiary/aromatic N) is 5. The molecular weight excluding hydrogens is 625 g/mol. The molecule has 2 atom stereocenters. The molecule has 0 bridgehead atoms. The number of alkyl halides is 1. The summed E-state index contributed by atoms with van der Waals surface area (Å²) in [5.41, 5.74) is 5.67. The van der Waals surface area contributed by atoms with E-state index in [1.807, 2.05) is 0 Å². The minimum atomic E-state index is -3.25. The fourth-order valence-corrected chi connectivity index (χ4v) is 9.03. The highest BCUT2D eigenvalue weighted by Gasteiger charge is 2.49. The number of sulfone groups is 1. The van der Waals surface area contributed by atoms with Gasteiger partial charge in [0.25, 0.3) is 0 Å². The lowest BCUT2D eigenvalue weighted by atomic mass is 9.95. The van der Waals surface area contributed by atoms with E-state index in [2.05, 4.69) is 19.9 Å². The number of thiazole rings is 1. The highest BCUT2D eigenvalue weighted by molar-refractivity contribution is 7.91. The van der Waals surface area contributed by atoms with Crippen LogP contribution in [0.1, 0.15) is 25.7 Å². The summed E-state index contributed by atoms with van der Waals surface area (Å²) in [6, 6.07) is 4.03. The normalized spacial score (nSPS) is 24.1. The second kappa shape index (κ2) is 10.6. The summed E-state index contributed by atoms with van der Waals surface area (Å²) in [7, 11) is -3.25. The molecule has 0 saturated carbocycles. The standard InChI is InChI=1S/C28H28ClF3N6O3S2/c29-18-11-17-22(21(32)20(18)16-3-4-19(31)24-23(16)34-26(33)42-24)35-27(36-25(17)37-6-2-9-43(39,40)10-8-37)41-14-28-5-1-7-38(28)13-15(30)12-28/h3-4,11,15H,1-2,5-10,12-14H2,(H2,33,34)/t15-,28+/m1/s1. The first-order valence-corrected chi connectivity index (χ1v) is 17.1. The topological polar surface area (TPSA) is 115 Å². The first-order valence-electron chi connectivity index (χ1n) is 14.1. The maximum atomic E-state index is 16.6. The number of fused-ring (bicyclic) bond motifs is 3. The zero-order valence-corrected chi connectivity index (χ0v) is 25.3. The van der Waals surface area contributed by atoms with Gasteiger partial charge in [-0.1, -0.05) is 22.9 Å². The van der Waals surface area contributed by atoms with E-state index in [1.54, 1.807) is 4.90 Å². The van der Waals surface area contributed by atoms with Crippen molar-refractivity contribution in [3.8, 4) is 17.1 Å². The van der Waals surface area contributed by atoms with Gasteiger partial charge in [0.1, 0.15) is 29.9 Å². The number of rotatable bonds is 5. The van der Waals surface area contributed by atoms with Gasteiger partial charge in [-0.2, -0.15) is 9.97 Å². The van der Waals surface area contributed by atoms with Crippen LogP contribution in [0.15, 0.2) is 18.2 Å². The molecule has 0 amide bonds. The van der Waals surface area contributed by atoms with Gasteiger partial charge in [-0.15, -0.1) is 0 Å². The van der Waals surface area contributed by atoms with Crippen molar-refractivity contribution in [2.45, 2.75) is 37.4 Å². The Kier molecular flexibility index (Phi) is 7.10. The van der Waals surface area contributed by atoms with Crippen molar-refractivity contribution in [1.29, 1.82) is 0 Å². The monoisotopic (exact) mass is 652 g/mol. The molecule has 5 heterocycles. The predicted octanol–water partition coefficient (Wildman–Crippen LogP) is 5.00. The number of aromatic nitrogens is 3. The van der Waals surface area contributed by atoms with Gasteiger partial charge in [0.15, 0.2) is 20.8 Å². The average Bonchev–Trinajstić information content (AvgIpc) is 3.58. The van der Waals surface area contributed by atoms with Crippen LogP contribution in [0.4, 0.5) is 24.1 Å². The molecule has 0 spiro atoms. The molecule has 0 unspecified atom stereocenters. The third-order valence-corrected chi connectivity index (χ3v) is 11.6. The Morgan fingerprint density at radius 3 is 2.79 bits per heavy atom. The molecule has 0 radical (unpaired) electrons. The molecule has 43 heavy (non-hydrogen) atoms. The molecule has 3 fully saturated rings. The molecule has 3 saturated heterocycles. The quantitative estimate of drug-likeness (QED) is 0.318. The van der Waals surface area contributed by atoms with Crippen LogP contribution in [0.5, 0.6) is 6.01 Å². The van der Waals surface area contributed by atoms with Crippen molar-refractivity contribution in [3.63, 3.8) is 0 Å². The molecule has 9 nitrogen and oxygen atoms in total. The van der Waals surface area contributed by atoms with Gasteiger partial charge in [0.05, 0.1) is 32.3 Å². The highest BCUT2D eigenvalue weighted by atomic mass is 35.5. The molecular formula is C28H28ClF3N6O3S2. The highest BCUT2D eigenvalue weighted by Crippen LogP contribution is 2.44. The number of nitrogens with two attached hydrogens (primary N) is 1. The van der Waals surface area contributed by atoms with Gasteiger partial charge in [0.2, 0.25) is 0 Å². The fraction of sp³-hybridized carbons (Fsp3) is 0.464. The van der Waals surface area contributed by atoms with Gasteiger partial charge < -0.3 is 15.4 Å². The fourth-order valence-electron chi connectivity index (χ4n) is 6.70. The largest absolute Gasteiger partial charge is 0.461 e. The number of ether oxygens (including phenoxy) is 1. The number of hydrogen-bond acceptors (Lipinski definition) is 10. The minimum Gasteiger partial charge on any atom is -0.461 e. The Bertz CT molecular complexity index is 1880. The number of nitrogen functional groups attached to an aromatic ring is 1. The van der Waals surface area contributed by atoms with Gasteiger partial charge in [-0.25, -0.2) is 26.6 Å². The minimum absolute atomic E-state index is 0.0193. The van der Waals surface area contributed by atoms with Crippen molar-refractivity contribution < 1.29 is 26.3 Å². The van der Waals surface area contributed by atoms with Crippen molar-refractivity contribution in [1.82, 2.24) is 19.9 Å². The second-order valence-corrected chi connectivity index (χ2v) is 15.2. The Labute approximate surface area is 254 Å². The van der Waals surface area contributed by atoms with Gasteiger partial charge >= 0.3 is 6.01 Å². The van der Waals surface area contributed by atoms with Crippen molar-refractivity contribution in [3.05, 3.63) is 34.9 Å². The van der Waals surface area contributed by atoms with Crippen LogP contribution in [0.3, 0.4) is 0 Å². The molecule has 228 valence electrons. The zero-order valence-electron chi connectivity index (χ0n) is 23.0. The Morgan fingerprint density at radius 2 is 1.95 bits per heavy atom. The molecule has 3 aliphatic heterocycles. The van der Waals surface area contributed by atoms with Crippen LogP contribution >= 0.6 is 22.9 Å². The molecule has 2 aromatic carbocycles. The van der Waals surface area contributed by atoms with Crippen LogP contribution in [0.2, 0.25) is 5.02 Å². The number of hydrogen-bond donors (Lipinski definition) is 1. The third kappa shape index (κ3) is 5.05. The van der Waals surface area contributed by atoms with E-state index in [4.69, 9.17) is 22.1 Å². The van der Waals surface area contributed by atoms with E-state index >= 15 is 4.39 Å². The summed E-state index contributed by atoms with van der Waals surface area (Å²) in [5, 5.41) is 0.420. The van der Waals surface area contributed by atoms with Gasteiger partial charge in [-0.05, 0) is 44.0 Å².